The van der Waals surface area contributed by atoms with Crippen LogP contribution in [0.3, 0.4) is 0 Å². The highest BCUT2D eigenvalue weighted by molar-refractivity contribution is 9.11. The van der Waals surface area contributed by atoms with Crippen LogP contribution in [-0.4, -0.2) is 28.3 Å². The quantitative estimate of drug-likeness (QED) is 0.382. The number of fused-ring (bicyclic) bond motifs is 1. The Kier molecular flexibility index (Phi) is 5.00. The summed E-state index contributed by atoms with van der Waals surface area (Å²) in [5.74, 6) is 0. The van der Waals surface area contributed by atoms with Gasteiger partial charge in [-0.2, -0.15) is 0 Å². The Morgan fingerprint density at radius 2 is 1.81 bits per heavy atom. The number of aromatic nitrogens is 2. The van der Waals surface area contributed by atoms with E-state index >= 15 is 0 Å². The minimum Gasteiger partial charge on any atom is -0.370 e. The number of hydrogen-bond donors (Lipinski definition) is 1. The van der Waals surface area contributed by atoms with Crippen LogP contribution in [0.4, 0.5) is 22.7 Å². The molecule has 10 heteroatoms. The zero-order valence-corrected chi connectivity index (χ0v) is 17.3. The lowest BCUT2D eigenvalue weighted by Crippen LogP contribution is -2.29. The van der Waals surface area contributed by atoms with Crippen LogP contribution in [0.1, 0.15) is 19.3 Å². The first-order valence-corrected chi connectivity index (χ1v) is 10.0. The van der Waals surface area contributed by atoms with Crippen molar-refractivity contribution >= 4 is 65.6 Å². The van der Waals surface area contributed by atoms with Gasteiger partial charge in [0.2, 0.25) is 5.52 Å². The number of halogens is 2. The number of piperidine rings is 1. The number of rotatable bonds is 4. The lowest BCUT2D eigenvalue weighted by Gasteiger charge is -2.29. The molecule has 0 saturated carbocycles. The van der Waals surface area contributed by atoms with E-state index < -0.39 is 4.92 Å². The molecule has 4 rings (SSSR count). The minimum atomic E-state index is -0.457. The maximum absolute atomic E-state index is 11.8. The van der Waals surface area contributed by atoms with Gasteiger partial charge in [0.25, 0.3) is 0 Å². The lowest BCUT2D eigenvalue weighted by molar-refractivity contribution is -0.382. The first-order valence-electron chi connectivity index (χ1n) is 8.45. The second-order valence-electron chi connectivity index (χ2n) is 6.31. The van der Waals surface area contributed by atoms with Crippen molar-refractivity contribution in [2.45, 2.75) is 19.3 Å². The predicted octanol–water partition coefficient (Wildman–Crippen LogP) is 5.39. The maximum Gasteiger partial charge on any atom is 0.324 e. The summed E-state index contributed by atoms with van der Waals surface area (Å²) >= 11 is 6.89. The molecule has 1 aromatic heterocycles. The van der Waals surface area contributed by atoms with E-state index in [2.05, 4.69) is 52.4 Å². The Hall–Kier alpha value is -2.20. The Morgan fingerprint density at radius 3 is 2.52 bits per heavy atom. The van der Waals surface area contributed by atoms with Crippen LogP contribution >= 0.6 is 31.9 Å². The molecule has 1 N–H and O–H groups in total. The number of nitrogens with zero attached hydrogens (tertiary/aromatic N) is 4. The Morgan fingerprint density at radius 1 is 1.07 bits per heavy atom. The van der Waals surface area contributed by atoms with Crippen LogP contribution in [0.25, 0.3) is 11.0 Å². The van der Waals surface area contributed by atoms with Gasteiger partial charge >= 0.3 is 5.69 Å². The lowest BCUT2D eigenvalue weighted by atomic mass is 10.1. The molecule has 0 aliphatic carbocycles. The summed E-state index contributed by atoms with van der Waals surface area (Å²) in [6.07, 6.45) is 3.33. The van der Waals surface area contributed by atoms with Crippen LogP contribution in [-0.2, 0) is 0 Å². The van der Waals surface area contributed by atoms with Crippen molar-refractivity contribution in [3.63, 3.8) is 0 Å². The first kappa shape index (κ1) is 18.2. The minimum absolute atomic E-state index is 0.151. The van der Waals surface area contributed by atoms with E-state index in [4.69, 9.17) is 4.63 Å². The average molecular weight is 497 g/mol. The molecule has 0 atom stereocenters. The second kappa shape index (κ2) is 7.43. The SMILES string of the molecule is O=[N+]([O-])c1c(Nc2ccc(Br)cc2Br)cc(N2CCCCC2)c2nonc12. The van der Waals surface area contributed by atoms with Gasteiger partial charge in [-0.05, 0) is 69.8 Å². The van der Waals surface area contributed by atoms with Crippen LogP contribution in [0.5, 0.6) is 0 Å². The highest BCUT2D eigenvalue weighted by Crippen LogP contribution is 2.41. The molecule has 0 amide bonds. The van der Waals surface area contributed by atoms with E-state index in [1.807, 2.05) is 18.2 Å². The monoisotopic (exact) mass is 495 g/mol. The highest BCUT2D eigenvalue weighted by atomic mass is 79.9. The molecule has 140 valence electrons. The van der Waals surface area contributed by atoms with E-state index in [0.717, 1.165) is 40.6 Å². The van der Waals surface area contributed by atoms with Crippen molar-refractivity contribution in [2.24, 2.45) is 0 Å². The summed E-state index contributed by atoms with van der Waals surface area (Å²) in [6, 6.07) is 7.34. The van der Waals surface area contributed by atoms with Gasteiger partial charge in [0.15, 0.2) is 5.52 Å². The van der Waals surface area contributed by atoms with Crippen LogP contribution < -0.4 is 10.2 Å². The van der Waals surface area contributed by atoms with Crippen LogP contribution in [0, 0.1) is 10.1 Å². The Balaban J connectivity index is 1.86. The summed E-state index contributed by atoms with van der Waals surface area (Å²) in [7, 11) is 0. The third-order valence-corrected chi connectivity index (χ3v) is 5.72. The molecule has 1 fully saturated rings. The van der Waals surface area contributed by atoms with Gasteiger partial charge in [-0.3, -0.25) is 10.1 Å². The van der Waals surface area contributed by atoms with E-state index in [1.165, 1.54) is 6.42 Å². The highest BCUT2D eigenvalue weighted by Gasteiger charge is 2.28. The summed E-state index contributed by atoms with van der Waals surface area (Å²) in [6.45, 7) is 1.75. The molecular formula is C17H15Br2N5O3. The molecular weight excluding hydrogens is 482 g/mol. The summed E-state index contributed by atoms with van der Waals surface area (Å²) in [4.78, 5) is 13.5. The number of nitro benzene ring substituents is 1. The standard InChI is InChI=1S/C17H15Br2N5O3/c18-10-4-5-12(11(19)8-10)20-13-9-14(23-6-2-1-3-7-23)15-16(22-27-21-15)17(13)24(25)26/h4-5,8-9,20H,1-3,6-7H2. The van der Waals surface area contributed by atoms with Gasteiger partial charge in [0.05, 0.1) is 16.3 Å². The molecule has 3 aromatic rings. The van der Waals surface area contributed by atoms with Crippen LogP contribution in [0.15, 0.2) is 37.8 Å². The fourth-order valence-electron chi connectivity index (χ4n) is 3.30. The molecule has 0 radical (unpaired) electrons. The van der Waals surface area contributed by atoms with E-state index in [1.54, 1.807) is 6.07 Å². The van der Waals surface area contributed by atoms with Gasteiger partial charge in [-0.25, -0.2) is 4.63 Å². The first-order chi connectivity index (χ1) is 13.0. The van der Waals surface area contributed by atoms with Crippen molar-refractivity contribution < 1.29 is 9.55 Å². The molecule has 1 aliphatic rings. The zero-order chi connectivity index (χ0) is 19.0. The van der Waals surface area contributed by atoms with E-state index in [0.29, 0.717) is 16.9 Å². The summed E-state index contributed by atoms with van der Waals surface area (Å²) in [5, 5.41) is 22.7. The molecule has 27 heavy (non-hydrogen) atoms. The largest absolute Gasteiger partial charge is 0.370 e. The van der Waals surface area contributed by atoms with Gasteiger partial charge in [0, 0.05) is 22.0 Å². The summed E-state index contributed by atoms with van der Waals surface area (Å²) in [5.41, 5.74) is 2.28. The molecule has 2 aromatic carbocycles. The fraction of sp³-hybridized carbons (Fsp3) is 0.294. The van der Waals surface area contributed by atoms with Gasteiger partial charge in [-0.1, -0.05) is 15.9 Å². The second-order valence-corrected chi connectivity index (χ2v) is 8.08. The van der Waals surface area contributed by atoms with Crippen LogP contribution in [0.2, 0.25) is 0 Å². The van der Waals surface area contributed by atoms with E-state index in [9.17, 15) is 10.1 Å². The van der Waals surface area contributed by atoms with Crippen molar-refractivity contribution in [3.05, 3.63) is 43.3 Å². The van der Waals surface area contributed by atoms with Gasteiger partial charge in [0.1, 0.15) is 5.69 Å². The number of hydrogen-bond acceptors (Lipinski definition) is 7. The van der Waals surface area contributed by atoms with Crippen molar-refractivity contribution in [2.75, 3.05) is 23.3 Å². The third kappa shape index (κ3) is 3.51. The number of nitrogens with one attached hydrogen (secondary N) is 1. The molecule has 0 unspecified atom stereocenters. The average Bonchev–Trinajstić information content (AvgIpc) is 3.13. The molecule has 0 bridgehead atoms. The number of anilines is 3. The molecule has 1 saturated heterocycles. The van der Waals surface area contributed by atoms with Gasteiger partial charge < -0.3 is 10.2 Å². The fourth-order valence-corrected chi connectivity index (χ4v) is 4.45. The molecule has 1 aliphatic heterocycles. The number of benzene rings is 2. The normalized spacial score (nSPS) is 14.5. The van der Waals surface area contributed by atoms with Crippen molar-refractivity contribution in [3.8, 4) is 0 Å². The predicted molar refractivity (Wildman–Crippen MR) is 110 cm³/mol. The Labute approximate surface area is 171 Å². The molecule has 2 heterocycles. The topological polar surface area (TPSA) is 97.3 Å². The van der Waals surface area contributed by atoms with Crippen molar-refractivity contribution in [1.82, 2.24) is 10.3 Å². The summed E-state index contributed by atoms with van der Waals surface area (Å²) < 4.78 is 6.54. The Bertz CT molecular complexity index is 1020. The van der Waals surface area contributed by atoms with Gasteiger partial charge in [-0.15, -0.1) is 0 Å². The number of nitro groups is 1. The molecule has 0 spiro atoms. The van der Waals surface area contributed by atoms with E-state index in [-0.39, 0.29) is 11.2 Å². The molecule has 8 nitrogen and oxygen atoms in total. The smallest absolute Gasteiger partial charge is 0.324 e. The van der Waals surface area contributed by atoms with Crippen molar-refractivity contribution in [1.29, 1.82) is 0 Å². The maximum atomic E-state index is 11.8. The zero-order valence-electron chi connectivity index (χ0n) is 14.1. The third-order valence-electron chi connectivity index (χ3n) is 4.57.